The average molecular weight is 571 g/mol. The lowest BCUT2D eigenvalue weighted by atomic mass is 10.0. The Bertz CT molecular complexity index is 1390. The number of carbonyl (C=O) groups is 3. The van der Waals surface area contributed by atoms with Crippen LogP contribution in [0.5, 0.6) is 0 Å². The van der Waals surface area contributed by atoms with Crippen LogP contribution in [-0.2, 0) is 11.3 Å². The zero-order valence-corrected chi connectivity index (χ0v) is 24.7. The summed E-state index contributed by atoms with van der Waals surface area (Å²) in [6.45, 7) is 7.17. The number of benzene rings is 1. The van der Waals surface area contributed by atoms with Crippen molar-refractivity contribution in [3.8, 4) is 11.4 Å². The largest absolute Gasteiger partial charge is 0.444 e. The first-order valence-electron chi connectivity index (χ1n) is 14.5. The summed E-state index contributed by atoms with van der Waals surface area (Å²) >= 11 is 0. The zero-order valence-electron chi connectivity index (χ0n) is 24.7. The van der Waals surface area contributed by atoms with Crippen LogP contribution >= 0.6 is 0 Å². The van der Waals surface area contributed by atoms with Gasteiger partial charge in [0.15, 0.2) is 5.82 Å². The molecule has 0 N–H and O–H groups in total. The minimum atomic E-state index is -0.535. The number of nitrogens with zero attached hydrogens (tertiary/aromatic N) is 6. The first-order valence-corrected chi connectivity index (χ1v) is 14.5. The van der Waals surface area contributed by atoms with Gasteiger partial charge in [0.25, 0.3) is 11.8 Å². The molecule has 1 aromatic carbocycles. The molecule has 5 rings (SSSR count). The van der Waals surface area contributed by atoms with Crippen molar-refractivity contribution in [1.29, 1.82) is 0 Å². The van der Waals surface area contributed by atoms with Crippen LogP contribution in [0.3, 0.4) is 0 Å². The first kappa shape index (κ1) is 29.2. The Morgan fingerprint density at radius 3 is 2.10 bits per heavy atom. The minimum Gasteiger partial charge on any atom is -0.444 e. The fourth-order valence-electron chi connectivity index (χ4n) is 5.19. The van der Waals surface area contributed by atoms with E-state index in [0.717, 1.165) is 24.0 Å². The normalized spacial score (nSPS) is 15.7. The standard InChI is InChI=1S/C32H38N6O4/c1-32(2,3)42-31(41)37-16-13-27(14-17-37)38(26-11-12-26)30(40)25-19-34-28(35-20-25)23-7-9-24(10-8-23)29(39)36(4)21-22-6-5-15-33-18-22/h5-10,15,18-20,26-27H,11-14,16-17,21H2,1-4H3. The van der Waals surface area contributed by atoms with Crippen molar-refractivity contribution >= 4 is 17.9 Å². The number of rotatable bonds is 7. The molecule has 1 aliphatic carbocycles. The predicted molar refractivity (Wildman–Crippen MR) is 158 cm³/mol. The van der Waals surface area contributed by atoms with Crippen LogP contribution in [-0.4, -0.2) is 85.4 Å². The molecule has 220 valence electrons. The molecule has 0 radical (unpaired) electrons. The minimum absolute atomic E-state index is 0.0599. The summed E-state index contributed by atoms with van der Waals surface area (Å²) in [6, 6.07) is 11.2. The molecular weight excluding hydrogens is 532 g/mol. The second kappa shape index (κ2) is 12.3. The van der Waals surface area contributed by atoms with Crippen LogP contribution in [0.1, 0.15) is 72.7 Å². The number of pyridine rings is 1. The molecule has 3 heterocycles. The molecule has 0 spiro atoms. The Labute approximate surface area is 246 Å². The van der Waals surface area contributed by atoms with Crippen molar-refractivity contribution in [1.82, 2.24) is 29.7 Å². The Balaban J connectivity index is 1.20. The van der Waals surface area contributed by atoms with Gasteiger partial charge in [0.05, 0.1) is 5.56 Å². The third-order valence-corrected chi connectivity index (χ3v) is 7.46. The Morgan fingerprint density at radius 1 is 0.881 bits per heavy atom. The fraction of sp³-hybridized carbons (Fsp3) is 0.438. The first-order chi connectivity index (χ1) is 20.1. The van der Waals surface area contributed by atoms with Gasteiger partial charge in [-0.15, -0.1) is 0 Å². The van der Waals surface area contributed by atoms with Crippen molar-refractivity contribution in [3.05, 3.63) is 77.9 Å². The van der Waals surface area contributed by atoms with Gasteiger partial charge in [0.2, 0.25) is 0 Å². The molecule has 1 saturated carbocycles. The quantitative estimate of drug-likeness (QED) is 0.401. The van der Waals surface area contributed by atoms with Gasteiger partial charge >= 0.3 is 6.09 Å². The number of hydrogen-bond donors (Lipinski definition) is 0. The summed E-state index contributed by atoms with van der Waals surface area (Å²) in [4.78, 5) is 57.4. The molecule has 0 unspecified atom stereocenters. The highest BCUT2D eigenvalue weighted by Gasteiger charge is 2.40. The summed E-state index contributed by atoms with van der Waals surface area (Å²) in [6.07, 6.45) is 9.70. The van der Waals surface area contributed by atoms with Crippen molar-refractivity contribution in [2.45, 2.75) is 70.7 Å². The van der Waals surface area contributed by atoms with E-state index in [4.69, 9.17) is 4.74 Å². The van der Waals surface area contributed by atoms with Gasteiger partial charge in [-0.05, 0) is 70.2 Å². The molecule has 3 aromatic rings. The van der Waals surface area contributed by atoms with Gasteiger partial charge in [-0.3, -0.25) is 14.6 Å². The average Bonchev–Trinajstić information content (AvgIpc) is 3.82. The summed E-state index contributed by atoms with van der Waals surface area (Å²) in [5.41, 5.74) is 2.19. The number of likely N-dealkylation sites (tertiary alicyclic amines) is 1. The smallest absolute Gasteiger partial charge is 0.410 e. The van der Waals surface area contributed by atoms with Gasteiger partial charge in [0, 0.05) is 74.7 Å². The van der Waals surface area contributed by atoms with Crippen molar-refractivity contribution < 1.29 is 19.1 Å². The number of carbonyl (C=O) groups excluding carboxylic acids is 3. The van der Waals surface area contributed by atoms with Crippen LogP contribution in [0.25, 0.3) is 11.4 Å². The monoisotopic (exact) mass is 570 g/mol. The second-order valence-electron chi connectivity index (χ2n) is 12.0. The van der Waals surface area contributed by atoms with E-state index in [1.807, 2.05) is 49.9 Å². The van der Waals surface area contributed by atoms with Crippen molar-refractivity contribution in [3.63, 3.8) is 0 Å². The molecule has 1 aliphatic heterocycles. The lowest BCUT2D eigenvalue weighted by Gasteiger charge is -2.39. The number of ether oxygens (including phenoxy) is 1. The van der Waals surface area contributed by atoms with E-state index in [0.29, 0.717) is 49.4 Å². The molecular formula is C32H38N6O4. The van der Waals surface area contributed by atoms with E-state index >= 15 is 0 Å². The summed E-state index contributed by atoms with van der Waals surface area (Å²) < 4.78 is 5.52. The molecule has 2 aromatic heterocycles. The molecule has 10 nitrogen and oxygen atoms in total. The zero-order chi connectivity index (χ0) is 29.9. The van der Waals surface area contributed by atoms with Crippen molar-refractivity contribution in [2.24, 2.45) is 0 Å². The molecule has 42 heavy (non-hydrogen) atoms. The second-order valence-corrected chi connectivity index (χ2v) is 12.0. The van der Waals surface area contributed by atoms with Crippen LogP contribution in [0, 0.1) is 0 Å². The molecule has 3 amide bonds. The molecule has 0 atom stereocenters. The van der Waals surface area contributed by atoms with E-state index in [9.17, 15) is 14.4 Å². The van der Waals surface area contributed by atoms with Crippen molar-refractivity contribution in [2.75, 3.05) is 20.1 Å². The number of aromatic nitrogens is 3. The molecule has 2 aliphatic rings. The summed E-state index contributed by atoms with van der Waals surface area (Å²) in [5, 5.41) is 0. The van der Waals surface area contributed by atoms with Crippen LogP contribution in [0.2, 0.25) is 0 Å². The third-order valence-electron chi connectivity index (χ3n) is 7.46. The molecule has 2 fully saturated rings. The maximum absolute atomic E-state index is 13.6. The Kier molecular flexibility index (Phi) is 8.51. The predicted octanol–water partition coefficient (Wildman–Crippen LogP) is 4.81. The van der Waals surface area contributed by atoms with E-state index in [1.54, 1.807) is 53.8 Å². The SMILES string of the molecule is CN(Cc1cccnc1)C(=O)c1ccc(-c2ncc(C(=O)N(C3CC3)C3CCN(C(=O)OC(C)(C)C)CC3)cn2)cc1. The van der Waals surface area contributed by atoms with E-state index < -0.39 is 5.60 Å². The Morgan fingerprint density at radius 2 is 1.52 bits per heavy atom. The third kappa shape index (κ3) is 7.10. The molecule has 1 saturated heterocycles. The van der Waals surface area contributed by atoms with Gasteiger partial charge in [-0.25, -0.2) is 14.8 Å². The highest BCUT2D eigenvalue weighted by Crippen LogP contribution is 2.33. The molecule has 10 heteroatoms. The highest BCUT2D eigenvalue weighted by atomic mass is 16.6. The maximum atomic E-state index is 13.6. The van der Waals surface area contributed by atoms with Gasteiger partial charge < -0.3 is 19.4 Å². The lowest BCUT2D eigenvalue weighted by molar-refractivity contribution is 0.0142. The van der Waals surface area contributed by atoms with Gasteiger partial charge in [0.1, 0.15) is 5.60 Å². The number of piperidine rings is 1. The summed E-state index contributed by atoms with van der Waals surface area (Å²) in [7, 11) is 1.76. The van der Waals surface area contributed by atoms with E-state index in [-0.39, 0.29) is 30.0 Å². The fourth-order valence-corrected chi connectivity index (χ4v) is 5.19. The summed E-state index contributed by atoms with van der Waals surface area (Å²) in [5.74, 6) is 0.319. The molecule has 0 bridgehead atoms. The van der Waals surface area contributed by atoms with E-state index in [1.165, 1.54) is 0 Å². The van der Waals surface area contributed by atoms with Gasteiger partial charge in [-0.1, -0.05) is 18.2 Å². The van der Waals surface area contributed by atoms with Crippen LogP contribution in [0.15, 0.2) is 61.2 Å². The van der Waals surface area contributed by atoms with E-state index in [2.05, 4.69) is 15.0 Å². The topological polar surface area (TPSA) is 109 Å². The highest BCUT2D eigenvalue weighted by molar-refractivity contribution is 5.95. The Hall–Kier alpha value is -4.34. The van der Waals surface area contributed by atoms with Crippen LogP contribution < -0.4 is 0 Å². The number of hydrogen-bond acceptors (Lipinski definition) is 7. The maximum Gasteiger partial charge on any atom is 0.410 e. The lowest BCUT2D eigenvalue weighted by Crippen LogP contribution is -2.50. The van der Waals surface area contributed by atoms with Gasteiger partial charge in [-0.2, -0.15) is 0 Å². The van der Waals surface area contributed by atoms with Crippen LogP contribution in [0.4, 0.5) is 4.79 Å². The number of amides is 3.